The third-order valence-electron chi connectivity index (χ3n) is 3.11. The van der Waals surface area contributed by atoms with E-state index >= 15 is 0 Å². The van der Waals surface area contributed by atoms with Gasteiger partial charge in [0, 0.05) is 6.07 Å². The van der Waals surface area contributed by atoms with E-state index in [1.165, 1.54) is 11.8 Å². The van der Waals surface area contributed by atoms with E-state index < -0.39 is 11.5 Å². The van der Waals surface area contributed by atoms with Crippen LogP contribution in [0.1, 0.15) is 30.3 Å². The van der Waals surface area contributed by atoms with Crippen molar-refractivity contribution in [1.29, 1.82) is 5.26 Å². The fraction of sp³-hybridized carbons (Fsp3) is 0.545. The predicted molar refractivity (Wildman–Crippen MR) is 63.3 cm³/mol. The van der Waals surface area contributed by atoms with Gasteiger partial charge in [-0.3, -0.25) is 0 Å². The van der Waals surface area contributed by atoms with Crippen LogP contribution in [0.2, 0.25) is 0 Å². The fourth-order valence-electron chi connectivity index (χ4n) is 1.91. The number of carbonyl (C=O) groups excluding carboxylic acids is 1. The molecule has 0 N–H and O–H groups in total. The van der Waals surface area contributed by atoms with Crippen molar-refractivity contribution >= 4 is 21.9 Å². The molecule has 17 heavy (non-hydrogen) atoms. The fourth-order valence-corrected chi connectivity index (χ4v) is 2.29. The van der Waals surface area contributed by atoms with Gasteiger partial charge in [0.2, 0.25) is 0 Å². The average molecular weight is 298 g/mol. The van der Waals surface area contributed by atoms with Crippen LogP contribution in [0.15, 0.2) is 10.7 Å². The standard InChI is InChI=1S/C11H12BrN3O2/c1-11(6-13,7-3-4-7)15-8(10(16)17-2)5-9(12)14-15/h5,7H,3-4H2,1-2H3. The molecule has 5 nitrogen and oxygen atoms in total. The third-order valence-corrected chi connectivity index (χ3v) is 3.50. The Hall–Kier alpha value is -1.35. The van der Waals surface area contributed by atoms with Crippen LogP contribution >= 0.6 is 15.9 Å². The SMILES string of the molecule is COC(=O)c1cc(Br)nn1C(C)(C#N)C1CC1. The summed E-state index contributed by atoms with van der Waals surface area (Å²) in [5, 5.41) is 13.6. The van der Waals surface area contributed by atoms with Crippen molar-refractivity contribution in [1.82, 2.24) is 9.78 Å². The Morgan fingerprint density at radius 2 is 2.41 bits per heavy atom. The number of ether oxygens (including phenoxy) is 1. The Morgan fingerprint density at radius 3 is 2.88 bits per heavy atom. The topological polar surface area (TPSA) is 67.9 Å². The Morgan fingerprint density at radius 1 is 1.76 bits per heavy atom. The highest BCUT2D eigenvalue weighted by molar-refractivity contribution is 9.10. The number of methoxy groups -OCH3 is 1. The summed E-state index contributed by atoms with van der Waals surface area (Å²) in [6.45, 7) is 1.80. The van der Waals surface area contributed by atoms with Crippen LogP contribution in [0.4, 0.5) is 0 Å². The average Bonchev–Trinajstić information content (AvgIpc) is 3.10. The molecule has 0 amide bonds. The van der Waals surface area contributed by atoms with Gasteiger partial charge in [-0.15, -0.1) is 0 Å². The zero-order valence-electron chi connectivity index (χ0n) is 9.61. The summed E-state index contributed by atoms with van der Waals surface area (Å²) in [7, 11) is 1.31. The van der Waals surface area contributed by atoms with E-state index in [2.05, 4.69) is 27.1 Å². The second kappa shape index (κ2) is 4.15. The molecule has 0 spiro atoms. The first-order chi connectivity index (χ1) is 8.02. The van der Waals surface area contributed by atoms with Gasteiger partial charge in [-0.05, 0) is 41.6 Å². The molecule has 90 valence electrons. The molecule has 1 aliphatic carbocycles. The molecule has 0 aliphatic heterocycles. The second-order valence-electron chi connectivity index (χ2n) is 4.29. The van der Waals surface area contributed by atoms with E-state index in [4.69, 9.17) is 4.74 Å². The van der Waals surface area contributed by atoms with Crippen molar-refractivity contribution < 1.29 is 9.53 Å². The van der Waals surface area contributed by atoms with E-state index in [-0.39, 0.29) is 5.92 Å². The van der Waals surface area contributed by atoms with Crippen LogP contribution in [0.3, 0.4) is 0 Å². The summed E-state index contributed by atoms with van der Waals surface area (Å²) in [6.07, 6.45) is 1.98. The highest BCUT2D eigenvalue weighted by Crippen LogP contribution is 2.44. The summed E-state index contributed by atoms with van der Waals surface area (Å²) in [5.74, 6) is -0.229. The number of nitriles is 1. The van der Waals surface area contributed by atoms with Crippen LogP contribution in [-0.2, 0) is 10.3 Å². The molecule has 0 bridgehead atoms. The zero-order valence-corrected chi connectivity index (χ0v) is 11.2. The minimum Gasteiger partial charge on any atom is -0.464 e. The predicted octanol–water partition coefficient (Wildman–Crippen LogP) is 2.08. The first-order valence-electron chi connectivity index (χ1n) is 5.28. The Bertz CT molecular complexity index is 501. The lowest BCUT2D eigenvalue weighted by Gasteiger charge is -2.23. The zero-order chi connectivity index (χ0) is 12.6. The molecular weight excluding hydrogens is 286 g/mol. The highest BCUT2D eigenvalue weighted by atomic mass is 79.9. The summed E-state index contributed by atoms with van der Waals surface area (Å²) >= 11 is 3.22. The molecule has 1 fully saturated rings. The van der Waals surface area contributed by atoms with E-state index in [0.29, 0.717) is 10.3 Å². The van der Waals surface area contributed by atoms with Gasteiger partial charge in [0.05, 0.1) is 13.2 Å². The number of rotatable bonds is 3. The van der Waals surface area contributed by atoms with E-state index in [0.717, 1.165) is 12.8 Å². The molecule has 1 aromatic rings. The van der Waals surface area contributed by atoms with Gasteiger partial charge >= 0.3 is 5.97 Å². The number of hydrogen-bond donors (Lipinski definition) is 0. The molecular formula is C11H12BrN3O2. The van der Waals surface area contributed by atoms with Gasteiger partial charge < -0.3 is 4.74 Å². The van der Waals surface area contributed by atoms with Gasteiger partial charge in [0.25, 0.3) is 0 Å². The lowest BCUT2D eigenvalue weighted by Crippen LogP contribution is -2.34. The second-order valence-corrected chi connectivity index (χ2v) is 5.10. The monoisotopic (exact) mass is 297 g/mol. The molecule has 1 saturated carbocycles. The van der Waals surface area contributed by atoms with Crippen molar-refractivity contribution in [2.45, 2.75) is 25.3 Å². The number of hydrogen-bond acceptors (Lipinski definition) is 4. The molecule has 1 aromatic heterocycles. The van der Waals surface area contributed by atoms with E-state index in [1.54, 1.807) is 13.0 Å². The molecule has 6 heteroatoms. The molecule has 2 rings (SSSR count). The van der Waals surface area contributed by atoms with Crippen molar-refractivity contribution in [2.75, 3.05) is 7.11 Å². The number of carbonyl (C=O) groups is 1. The molecule has 0 aromatic carbocycles. The summed E-state index contributed by atoms with van der Waals surface area (Å²) in [5.41, 5.74) is -0.481. The van der Waals surface area contributed by atoms with Gasteiger partial charge in [-0.1, -0.05) is 0 Å². The summed E-state index contributed by atoms with van der Waals surface area (Å²) in [4.78, 5) is 11.6. The smallest absolute Gasteiger partial charge is 0.356 e. The molecule has 1 atom stereocenters. The van der Waals surface area contributed by atoms with Gasteiger partial charge in [0.15, 0.2) is 0 Å². The number of nitrogens with zero attached hydrogens (tertiary/aromatic N) is 3. The van der Waals surface area contributed by atoms with Crippen LogP contribution in [0, 0.1) is 17.2 Å². The molecule has 0 radical (unpaired) electrons. The first kappa shape index (κ1) is 12.1. The van der Waals surface area contributed by atoms with Gasteiger partial charge in [-0.2, -0.15) is 10.4 Å². The van der Waals surface area contributed by atoms with Gasteiger partial charge in [-0.25, -0.2) is 9.48 Å². The lowest BCUT2D eigenvalue weighted by molar-refractivity contribution is 0.0578. The maximum Gasteiger partial charge on any atom is 0.356 e. The molecule has 1 unspecified atom stereocenters. The molecule has 1 aliphatic rings. The quantitative estimate of drug-likeness (QED) is 0.801. The molecule has 1 heterocycles. The van der Waals surface area contributed by atoms with Crippen LogP contribution in [0.5, 0.6) is 0 Å². The van der Waals surface area contributed by atoms with E-state index in [9.17, 15) is 10.1 Å². The summed E-state index contributed by atoms with van der Waals surface area (Å²) in [6, 6.07) is 3.83. The summed E-state index contributed by atoms with van der Waals surface area (Å²) < 4.78 is 6.70. The Kier molecular flexibility index (Phi) is 2.96. The van der Waals surface area contributed by atoms with Crippen LogP contribution in [0.25, 0.3) is 0 Å². The highest BCUT2D eigenvalue weighted by Gasteiger charge is 2.46. The first-order valence-corrected chi connectivity index (χ1v) is 6.08. The van der Waals surface area contributed by atoms with Crippen molar-refractivity contribution in [3.8, 4) is 6.07 Å². The van der Waals surface area contributed by atoms with Gasteiger partial charge in [0.1, 0.15) is 15.8 Å². The molecule has 0 saturated heterocycles. The minimum absolute atomic E-state index is 0.253. The largest absolute Gasteiger partial charge is 0.464 e. The van der Waals surface area contributed by atoms with Crippen LogP contribution < -0.4 is 0 Å². The number of esters is 1. The van der Waals surface area contributed by atoms with Crippen LogP contribution in [-0.4, -0.2) is 22.9 Å². The van der Waals surface area contributed by atoms with Crippen molar-refractivity contribution in [3.05, 3.63) is 16.4 Å². The Balaban J connectivity index is 2.51. The number of halogens is 1. The van der Waals surface area contributed by atoms with Crippen molar-refractivity contribution in [2.24, 2.45) is 5.92 Å². The maximum atomic E-state index is 11.6. The lowest BCUT2D eigenvalue weighted by atomic mass is 9.98. The third kappa shape index (κ3) is 1.95. The normalized spacial score (nSPS) is 18.2. The van der Waals surface area contributed by atoms with Crippen molar-refractivity contribution in [3.63, 3.8) is 0 Å². The maximum absolute atomic E-state index is 11.6. The Labute approximate surface area is 107 Å². The number of aromatic nitrogens is 2. The van der Waals surface area contributed by atoms with E-state index in [1.807, 2.05) is 0 Å². The minimum atomic E-state index is -0.782.